The number of hydrogen-bond donors (Lipinski definition) is 3. The molecule has 1 heterocycles. The molecule has 0 fully saturated rings. The van der Waals surface area contributed by atoms with E-state index < -0.39 is 67.7 Å². The van der Waals surface area contributed by atoms with Gasteiger partial charge in [-0.25, -0.2) is 13.2 Å². The van der Waals surface area contributed by atoms with Gasteiger partial charge in [0, 0.05) is 6.26 Å². The minimum absolute atomic E-state index is 0.145. The number of aromatic nitrogens is 2. The second-order valence-electron chi connectivity index (χ2n) is 6.40. The molecule has 0 aliphatic rings. The minimum atomic E-state index is -4.25. The summed E-state index contributed by atoms with van der Waals surface area (Å²) in [6.07, 6.45) is -2.35. The highest BCUT2D eigenvalue weighted by Gasteiger charge is 2.34. The zero-order valence-corrected chi connectivity index (χ0v) is 17.8. The van der Waals surface area contributed by atoms with Gasteiger partial charge >= 0.3 is 23.4 Å². The molecule has 1 aromatic heterocycles. The van der Waals surface area contributed by atoms with Crippen LogP contribution in [0.4, 0.5) is 5.69 Å². The van der Waals surface area contributed by atoms with Crippen LogP contribution in [0, 0.1) is 21.4 Å². The molecule has 5 N–H and O–H groups in total. The van der Waals surface area contributed by atoms with Gasteiger partial charge in [-0.2, -0.15) is 15.2 Å². The zero-order valence-electron chi connectivity index (χ0n) is 17.0. The van der Waals surface area contributed by atoms with Crippen molar-refractivity contribution in [2.45, 2.75) is 17.7 Å². The van der Waals surface area contributed by atoms with Gasteiger partial charge in [-0.1, -0.05) is 0 Å². The summed E-state index contributed by atoms with van der Waals surface area (Å²) in [6, 6.07) is 4.85. The minimum Gasteiger partial charge on any atom is -0.478 e. The quantitative estimate of drug-likeness (QED) is 0.209. The lowest BCUT2D eigenvalue weighted by Crippen LogP contribution is -2.33. The fourth-order valence-electron chi connectivity index (χ4n) is 2.37. The third kappa shape index (κ3) is 5.89. The lowest BCUT2D eigenvalue weighted by molar-refractivity contribution is -0.387. The largest absolute Gasteiger partial charge is 0.478 e. The van der Waals surface area contributed by atoms with Crippen molar-refractivity contribution < 1.29 is 42.3 Å². The smallest absolute Gasteiger partial charge is 0.392 e. The molecule has 178 valence electrons. The molecule has 0 aliphatic heterocycles. The van der Waals surface area contributed by atoms with Gasteiger partial charge in [-0.3, -0.25) is 19.7 Å². The average molecular weight is 494 g/mol. The summed E-state index contributed by atoms with van der Waals surface area (Å²) in [5.41, 5.74) is 8.47. The van der Waals surface area contributed by atoms with E-state index in [0.717, 1.165) is 18.2 Å². The molecule has 2 amide bonds. The van der Waals surface area contributed by atoms with E-state index in [2.05, 4.69) is 9.97 Å². The monoisotopic (exact) mass is 494 g/mol. The first-order valence-corrected chi connectivity index (χ1v) is 10.6. The number of primary amides is 2. The lowest BCUT2D eigenvalue weighted by Gasteiger charge is -2.15. The molecule has 34 heavy (non-hydrogen) atoms. The molecule has 0 saturated heterocycles. The highest BCUT2D eigenvalue weighted by Crippen LogP contribution is 2.38. The van der Waals surface area contributed by atoms with Crippen LogP contribution in [0.2, 0.25) is 0 Å². The molecule has 1 unspecified atom stereocenters. The average Bonchev–Trinajstić information content (AvgIpc) is 2.71. The Morgan fingerprint density at radius 2 is 1.88 bits per heavy atom. The third-order valence-electron chi connectivity index (χ3n) is 3.82. The van der Waals surface area contributed by atoms with Crippen molar-refractivity contribution in [3.8, 4) is 23.6 Å². The Morgan fingerprint density at radius 3 is 2.35 bits per heavy atom. The molecule has 17 heteroatoms. The van der Waals surface area contributed by atoms with Gasteiger partial charge in [0.15, 0.2) is 0 Å². The maximum atomic E-state index is 12.0. The molecule has 0 aliphatic carbocycles. The molecule has 1 aromatic carbocycles. The number of benzene rings is 1. The molecule has 0 radical (unpaired) electrons. The summed E-state index contributed by atoms with van der Waals surface area (Å²) < 4.78 is 34.2. The number of nitriles is 1. The summed E-state index contributed by atoms with van der Waals surface area (Å²) in [6.45, 7) is 0. The van der Waals surface area contributed by atoms with Gasteiger partial charge in [-0.05, 0) is 18.2 Å². The van der Waals surface area contributed by atoms with Crippen molar-refractivity contribution in [1.29, 1.82) is 5.26 Å². The number of carboxylic acid groups (broad SMARTS) is 1. The highest BCUT2D eigenvalue weighted by atomic mass is 32.2. The van der Waals surface area contributed by atoms with Gasteiger partial charge in [0.2, 0.25) is 27.8 Å². The fraction of sp³-hybridized carbons (Fsp3) is 0.176. The number of ether oxygens (including phenoxy) is 2. The number of carbonyl (C=O) groups is 3. The van der Waals surface area contributed by atoms with Crippen LogP contribution in [-0.2, 0) is 19.4 Å². The van der Waals surface area contributed by atoms with Gasteiger partial charge in [0.25, 0.3) is 5.16 Å². The van der Waals surface area contributed by atoms with Crippen LogP contribution in [0.25, 0.3) is 0 Å². The second-order valence-corrected chi connectivity index (χ2v) is 8.30. The number of sulfone groups is 1. The number of carbonyl (C=O) groups excluding carboxylic acids is 2. The Kier molecular flexibility index (Phi) is 7.28. The van der Waals surface area contributed by atoms with Gasteiger partial charge in [0.05, 0.1) is 28.5 Å². The molecule has 0 bridgehead atoms. The maximum absolute atomic E-state index is 12.0. The number of rotatable bonds is 10. The van der Waals surface area contributed by atoms with E-state index in [9.17, 15) is 38.0 Å². The molecule has 0 spiro atoms. The zero-order chi connectivity index (χ0) is 25.8. The predicted octanol–water partition coefficient (Wildman–Crippen LogP) is -0.741. The van der Waals surface area contributed by atoms with Crippen LogP contribution in [0.3, 0.4) is 0 Å². The van der Waals surface area contributed by atoms with E-state index in [-0.39, 0.29) is 16.9 Å². The van der Waals surface area contributed by atoms with Crippen LogP contribution in [-0.4, -0.2) is 58.6 Å². The highest BCUT2D eigenvalue weighted by molar-refractivity contribution is 7.90. The van der Waals surface area contributed by atoms with E-state index >= 15 is 0 Å². The van der Waals surface area contributed by atoms with Crippen LogP contribution >= 0.6 is 0 Å². The van der Waals surface area contributed by atoms with E-state index in [4.69, 9.17) is 26.2 Å². The normalized spacial score (nSPS) is 11.6. The second kappa shape index (κ2) is 9.74. The van der Waals surface area contributed by atoms with Crippen LogP contribution < -0.4 is 20.9 Å². The number of aliphatic carboxylic acids is 1. The molecular formula is C17H14N6O10S. The predicted molar refractivity (Wildman–Crippen MR) is 107 cm³/mol. The first kappa shape index (κ1) is 25.4. The Morgan fingerprint density at radius 1 is 1.26 bits per heavy atom. The number of carboxylic acids is 1. The van der Waals surface area contributed by atoms with Crippen LogP contribution in [0.1, 0.15) is 22.3 Å². The van der Waals surface area contributed by atoms with E-state index in [0.29, 0.717) is 6.26 Å². The molecule has 0 saturated carbocycles. The van der Waals surface area contributed by atoms with Gasteiger partial charge in [-0.15, -0.1) is 0 Å². The summed E-state index contributed by atoms with van der Waals surface area (Å²) in [4.78, 5) is 51.5. The third-order valence-corrected chi connectivity index (χ3v) is 4.67. The number of amides is 2. The summed E-state index contributed by atoms with van der Waals surface area (Å²) in [5.74, 6) is -6.41. The van der Waals surface area contributed by atoms with Crippen molar-refractivity contribution in [2.75, 3.05) is 6.26 Å². The number of nitrogens with zero attached hydrogens (tertiary/aromatic N) is 4. The van der Waals surface area contributed by atoms with Gasteiger partial charge < -0.3 is 26.0 Å². The first-order chi connectivity index (χ1) is 15.7. The number of nitro groups is 1. The SMILES string of the molecule is CS(=O)(=O)c1nc(Oc2ccc(C#N)c(C(N)=O)c2)c([N+](=O)[O-])c(OC(CC(N)=O)C(=O)O)n1. The van der Waals surface area contributed by atoms with Crippen molar-refractivity contribution in [3.05, 3.63) is 39.4 Å². The Hall–Kier alpha value is -4.85. The van der Waals surface area contributed by atoms with Crippen molar-refractivity contribution in [3.63, 3.8) is 0 Å². The molecular weight excluding hydrogens is 480 g/mol. The van der Waals surface area contributed by atoms with E-state index in [1.807, 2.05) is 0 Å². The standard InChI is InChI=1S/C17H14N6O10S/c1-34(30,31)17-21-14(32-8-3-2-7(6-18)9(4-8)13(20)25)12(23(28)29)15(22-17)33-10(16(26)27)5-11(19)24/h2-4,10H,5H2,1H3,(H2,19,24)(H2,20,25)(H,26,27). The topological polar surface area (TPSA) is 269 Å². The van der Waals surface area contributed by atoms with Crippen LogP contribution in [0.15, 0.2) is 23.4 Å². The van der Waals surface area contributed by atoms with Crippen molar-refractivity contribution >= 4 is 33.3 Å². The van der Waals surface area contributed by atoms with E-state index in [1.54, 1.807) is 6.07 Å². The van der Waals surface area contributed by atoms with Crippen LogP contribution in [0.5, 0.6) is 17.5 Å². The first-order valence-electron chi connectivity index (χ1n) is 8.70. The summed E-state index contributed by atoms with van der Waals surface area (Å²) >= 11 is 0. The summed E-state index contributed by atoms with van der Waals surface area (Å²) in [5, 5.41) is 28.9. The molecule has 2 aromatic rings. The number of nitrogens with two attached hydrogens (primary N) is 2. The van der Waals surface area contributed by atoms with Crippen molar-refractivity contribution in [2.24, 2.45) is 11.5 Å². The lowest BCUT2D eigenvalue weighted by atomic mass is 10.1. The Bertz CT molecular complexity index is 1350. The Balaban J connectivity index is 2.73. The molecule has 2 rings (SSSR count). The van der Waals surface area contributed by atoms with Gasteiger partial charge in [0.1, 0.15) is 5.75 Å². The Labute approximate surface area is 189 Å². The molecule has 16 nitrogen and oxygen atoms in total. The number of hydrogen-bond acceptors (Lipinski definition) is 12. The fourth-order valence-corrected chi connectivity index (χ4v) is 2.87. The van der Waals surface area contributed by atoms with E-state index in [1.165, 1.54) is 0 Å². The molecule has 1 atom stereocenters. The maximum Gasteiger partial charge on any atom is 0.392 e. The summed E-state index contributed by atoms with van der Waals surface area (Å²) in [7, 11) is -4.25. The van der Waals surface area contributed by atoms with Crippen molar-refractivity contribution in [1.82, 2.24) is 9.97 Å².